The maximum Gasteiger partial charge on any atom is 0.397 e. The number of aliphatic hydroxyl groups excluding tert-OH is 2. The molecule has 2 aliphatic rings. The Morgan fingerprint density at radius 1 is 1.27 bits per heavy atom. The first kappa shape index (κ1) is 32.8. The fourth-order valence-corrected chi connectivity index (χ4v) is 6.23. The lowest BCUT2D eigenvalue weighted by Crippen LogP contribution is -2.47. The maximum absolute atomic E-state index is 13.3. The summed E-state index contributed by atoms with van der Waals surface area (Å²) in [5, 5.41) is 27.3. The molecule has 3 heterocycles. The molecule has 2 fully saturated rings. The van der Waals surface area contributed by atoms with E-state index in [0.29, 0.717) is 24.1 Å². The Morgan fingerprint density at radius 2 is 1.95 bits per heavy atom. The van der Waals surface area contributed by atoms with Crippen LogP contribution in [0.3, 0.4) is 0 Å². The standard InChI is InChI=1S/C27H42N2O9S2/c1-15-8-7-9-27(6)22(38-27)11-20(18(13-37-40(34,35)36)10-19-14-39-17(3)28-19)29-23(31)12-21(30)26(4,5)25(33)16(2)24(15)32/h10,14-16,20-22,24,30,32H,7-9,11-13H2,1-6H3,(H,29,31)(H,34,35,36)/b18-10+/t15?,16?,20?,21?,22?,24?,27-/m1/s1. The number of rotatable bonds is 5. The molecule has 13 heteroatoms. The van der Waals surface area contributed by atoms with Gasteiger partial charge in [0.05, 0.1) is 59.1 Å². The fraction of sp³-hybridized carbons (Fsp3) is 0.741. The average molecular weight is 603 g/mol. The first-order valence-corrected chi connectivity index (χ1v) is 15.8. The zero-order valence-electron chi connectivity index (χ0n) is 23.9. The van der Waals surface area contributed by atoms with Gasteiger partial charge in [0.2, 0.25) is 5.91 Å². The van der Waals surface area contributed by atoms with Gasteiger partial charge >= 0.3 is 10.4 Å². The third-order valence-corrected chi connectivity index (χ3v) is 9.51. The Hall–Kier alpha value is -1.74. The van der Waals surface area contributed by atoms with Crippen LogP contribution in [0.15, 0.2) is 11.0 Å². The van der Waals surface area contributed by atoms with Gasteiger partial charge in [-0.25, -0.2) is 9.17 Å². The number of epoxide rings is 1. The zero-order valence-corrected chi connectivity index (χ0v) is 25.5. The second kappa shape index (κ2) is 12.6. The van der Waals surface area contributed by atoms with Crippen molar-refractivity contribution in [2.75, 3.05) is 6.61 Å². The number of aliphatic hydroxyl groups is 2. The molecule has 1 aromatic rings. The van der Waals surface area contributed by atoms with Gasteiger partial charge in [-0.05, 0) is 44.3 Å². The number of fused-ring (bicyclic) bond motifs is 1. The van der Waals surface area contributed by atoms with E-state index in [1.807, 2.05) is 20.8 Å². The van der Waals surface area contributed by atoms with Gasteiger partial charge in [-0.2, -0.15) is 8.42 Å². The van der Waals surface area contributed by atoms with E-state index in [0.717, 1.165) is 11.4 Å². The van der Waals surface area contributed by atoms with Gasteiger partial charge in [-0.1, -0.05) is 34.1 Å². The number of hydrogen-bond acceptors (Lipinski definition) is 10. The van der Waals surface area contributed by atoms with Crippen LogP contribution in [0.5, 0.6) is 0 Å². The molecule has 0 aromatic carbocycles. The van der Waals surface area contributed by atoms with Gasteiger partial charge in [0.25, 0.3) is 0 Å². The molecule has 226 valence electrons. The molecule has 3 rings (SSSR count). The average Bonchev–Trinajstić information content (AvgIpc) is 3.29. The zero-order chi connectivity index (χ0) is 30.0. The number of ketones is 1. The number of nitrogens with zero attached hydrogens (tertiary/aromatic N) is 1. The van der Waals surface area contributed by atoms with Crippen LogP contribution in [0.2, 0.25) is 0 Å². The molecule has 7 atom stereocenters. The number of hydrogen-bond donors (Lipinski definition) is 4. The number of thiazole rings is 1. The van der Waals surface area contributed by atoms with Crippen LogP contribution in [-0.2, 0) is 28.9 Å². The lowest BCUT2D eigenvalue weighted by atomic mass is 9.72. The number of amides is 1. The van der Waals surface area contributed by atoms with Gasteiger partial charge in [0.1, 0.15) is 5.78 Å². The van der Waals surface area contributed by atoms with Crippen molar-refractivity contribution < 1.29 is 41.7 Å². The molecule has 11 nitrogen and oxygen atoms in total. The van der Waals surface area contributed by atoms with Crippen LogP contribution in [-0.4, -0.2) is 76.4 Å². The molecule has 2 aliphatic heterocycles. The fourth-order valence-electron chi connectivity index (χ4n) is 5.38. The van der Waals surface area contributed by atoms with Crippen molar-refractivity contribution in [2.45, 2.75) is 104 Å². The van der Waals surface area contributed by atoms with E-state index in [2.05, 4.69) is 10.3 Å². The number of aryl methyl sites for hydroxylation is 1. The highest BCUT2D eigenvalue weighted by Crippen LogP contribution is 2.44. The third-order valence-electron chi connectivity index (χ3n) is 8.30. The van der Waals surface area contributed by atoms with E-state index in [-0.39, 0.29) is 24.2 Å². The molecule has 40 heavy (non-hydrogen) atoms. The van der Waals surface area contributed by atoms with Crippen LogP contribution in [0.4, 0.5) is 0 Å². The van der Waals surface area contributed by atoms with E-state index in [9.17, 15) is 32.8 Å². The van der Waals surface area contributed by atoms with E-state index in [1.54, 1.807) is 32.2 Å². The Labute approximate surface area is 240 Å². The minimum atomic E-state index is -4.78. The van der Waals surface area contributed by atoms with Crippen LogP contribution >= 0.6 is 11.3 Å². The quantitative estimate of drug-likeness (QED) is 0.290. The summed E-state index contributed by atoms with van der Waals surface area (Å²) in [6.45, 7) is 9.89. The van der Waals surface area contributed by atoms with E-state index in [4.69, 9.17) is 8.92 Å². The smallest absolute Gasteiger partial charge is 0.392 e. The molecule has 1 aromatic heterocycles. The van der Waals surface area contributed by atoms with Crippen molar-refractivity contribution in [3.8, 4) is 0 Å². The van der Waals surface area contributed by atoms with Crippen molar-refractivity contribution in [3.05, 3.63) is 21.7 Å². The number of ether oxygens (including phenoxy) is 1. The molecule has 0 saturated carbocycles. The van der Waals surface area contributed by atoms with E-state index >= 15 is 0 Å². The molecule has 0 aliphatic carbocycles. The monoisotopic (exact) mass is 602 g/mol. The number of aromatic nitrogens is 1. The van der Waals surface area contributed by atoms with Gasteiger partial charge in [0, 0.05) is 17.7 Å². The van der Waals surface area contributed by atoms with Gasteiger partial charge in [0.15, 0.2) is 0 Å². The Morgan fingerprint density at radius 3 is 2.55 bits per heavy atom. The topological polar surface area (TPSA) is 176 Å². The molecule has 0 bridgehead atoms. The Kier molecular flexibility index (Phi) is 10.4. The molecule has 0 spiro atoms. The van der Waals surface area contributed by atoms with Crippen LogP contribution in [0.1, 0.15) is 77.4 Å². The first-order chi connectivity index (χ1) is 18.4. The van der Waals surface area contributed by atoms with Crippen LogP contribution in [0.25, 0.3) is 6.08 Å². The minimum absolute atomic E-state index is 0.162. The largest absolute Gasteiger partial charge is 0.397 e. The molecular formula is C27H42N2O9S2. The predicted molar refractivity (Wildman–Crippen MR) is 150 cm³/mol. The van der Waals surface area contributed by atoms with E-state index < -0.39 is 64.5 Å². The molecule has 0 radical (unpaired) electrons. The summed E-state index contributed by atoms with van der Waals surface area (Å²) in [7, 11) is -4.78. The first-order valence-electron chi connectivity index (χ1n) is 13.5. The second-order valence-corrected chi connectivity index (χ2v) is 14.1. The minimum Gasteiger partial charge on any atom is -0.392 e. The number of nitrogens with one attached hydrogen (secondary N) is 1. The summed E-state index contributed by atoms with van der Waals surface area (Å²) < 4.78 is 42.8. The summed E-state index contributed by atoms with van der Waals surface area (Å²) in [6, 6.07) is -0.776. The SMILES string of the molecule is Cc1nc(/C=C(\COS(=O)(=O)O)C2CC3O[C@]3(C)CCCC(C)C(O)C(C)C(=O)C(C)(C)C(O)CC(=O)N2)cs1. The predicted octanol–water partition coefficient (Wildman–Crippen LogP) is 2.85. The summed E-state index contributed by atoms with van der Waals surface area (Å²) >= 11 is 1.39. The van der Waals surface area contributed by atoms with Gasteiger partial charge < -0.3 is 20.3 Å². The lowest BCUT2D eigenvalue weighted by molar-refractivity contribution is -0.143. The van der Waals surface area contributed by atoms with Crippen molar-refractivity contribution in [2.24, 2.45) is 17.3 Å². The Bertz CT molecular complexity index is 1210. The molecule has 2 saturated heterocycles. The molecular weight excluding hydrogens is 560 g/mol. The summed E-state index contributed by atoms with van der Waals surface area (Å²) in [5.41, 5.74) is -0.927. The van der Waals surface area contributed by atoms with Crippen molar-refractivity contribution in [3.63, 3.8) is 0 Å². The summed E-state index contributed by atoms with van der Waals surface area (Å²) in [5.74, 6) is -1.81. The third kappa shape index (κ3) is 8.40. The highest BCUT2D eigenvalue weighted by atomic mass is 32.3. The number of Topliss-reactive ketones (excluding diaryl/α,β-unsaturated/α-hetero) is 1. The molecule has 6 unspecified atom stereocenters. The van der Waals surface area contributed by atoms with Crippen molar-refractivity contribution in [1.82, 2.24) is 10.3 Å². The van der Waals surface area contributed by atoms with Gasteiger partial charge in [-0.3, -0.25) is 14.1 Å². The normalized spacial score (nSPS) is 34.7. The van der Waals surface area contributed by atoms with Crippen molar-refractivity contribution >= 4 is 39.5 Å². The Balaban J connectivity index is 1.95. The summed E-state index contributed by atoms with van der Waals surface area (Å²) in [6.07, 6.45) is 1.08. The van der Waals surface area contributed by atoms with Gasteiger partial charge in [-0.15, -0.1) is 11.3 Å². The number of carbonyl (C=O) groups excluding carboxylic acids is 2. The lowest BCUT2D eigenvalue weighted by Gasteiger charge is -2.34. The maximum atomic E-state index is 13.3. The van der Waals surface area contributed by atoms with Crippen molar-refractivity contribution in [1.29, 1.82) is 0 Å². The van der Waals surface area contributed by atoms with Crippen LogP contribution in [0, 0.1) is 24.2 Å². The second-order valence-electron chi connectivity index (χ2n) is 11.9. The van der Waals surface area contributed by atoms with E-state index in [1.165, 1.54) is 11.3 Å². The molecule has 1 amide bonds. The highest BCUT2D eigenvalue weighted by molar-refractivity contribution is 7.80. The van der Waals surface area contributed by atoms with Crippen LogP contribution < -0.4 is 5.32 Å². The molecule has 4 N–H and O–H groups in total. The highest BCUT2D eigenvalue weighted by Gasteiger charge is 2.52. The summed E-state index contributed by atoms with van der Waals surface area (Å²) in [4.78, 5) is 30.9. The number of carbonyl (C=O) groups is 2.